The predicted octanol–water partition coefficient (Wildman–Crippen LogP) is 4.55. The summed E-state index contributed by atoms with van der Waals surface area (Å²) in [6, 6.07) is 7.89. The number of hydrogen-bond acceptors (Lipinski definition) is 3. The Morgan fingerprint density at radius 2 is 1.83 bits per heavy atom. The van der Waals surface area contributed by atoms with Gasteiger partial charge in [-0.05, 0) is 38.3 Å². The van der Waals surface area contributed by atoms with Crippen LogP contribution in [0.4, 0.5) is 5.69 Å². The van der Waals surface area contributed by atoms with Crippen LogP contribution < -0.4 is 5.32 Å². The van der Waals surface area contributed by atoms with Crippen molar-refractivity contribution in [1.29, 1.82) is 5.26 Å². The van der Waals surface area contributed by atoms with Gasteiger partial charge in [0.05, 0.1) is 0 Å². The van der Waals surface area contributed by atoms with Crippen LogP contribution in [-0.2, 0) is 4.79 Å². The van der Waals surface area contributed by atoms with E-state index in [0.29, 0.717) is 0 Å². The van der Waals surface area contributed by atoms with Crippen molar-refractivity contribution in [2.24, 2.45) is 0 Å². The van der Waals surface area contributed by atoms with Gasteiger partial charge in [0, 0.05) is 25.0 Å². The zero-order valence-corrected chi connectivity index (χ0v) is 15.4. The monoisotopic (exact) mass is 327 g/mol. The Hall–Kier alpha value is -2.28. The van der Waals surface area contributed by atoms with Crippen molar-refractivity contribution in [2.75, 3.05) is 18.4 Å². The number of anilines is 1. The molecule has 0 fully saturated rings. The SMILES string of the molecule is CCCCN(/C=C(/C#N)C(=O)Nc1ccc(C)cc1C)CCCC. The van der Waals surface area contributed by atoms with E-state index in [2.05, 4.69) is 24.1 Å². The summed E-state index contributed by atoms with van der Waals surface area (Å²) < 4.78 is 0. The minimum atomic E-state index is -0.345. The maximum Gasteiger partial charge on any atom is 0.267 e. The Morgan fingerprint density at radius 3 is 2.33 bits per heavy atom. The van der Waals surface area contributed by atoms with Gasteiger partial charge in [0.1, 0.15) is 11.6 Å². The van der Waals surface area contributed by atoms with Crippen LogP contribution in [0.25, 0.3) is 0 Å². The summed E-state index contributed by atoms with van der Waals surface area (Å²) in [5, 5.41) is 12.2. The van der Waals surface area contributed by atoms with Gasteiger partial charge < -0.3 is 10.2 Å². The predicted molar refractivity (Wildman–Crippen MR) is 99.6 cm³/mol. The highest BCUT2D eigenvalue weighted by molar-refractivity contribution is 6.06. The topological polar surface area (TPSA) is 56.1 Å². The maximum atomic E-state index is 12.4. The van der Waals surface area contributed by atoms with Crippen LogP contribution in [0.5, 0.6) is 0 Å². The molecule has 4 heteroatoms. The number of nitrogens with zero attached hydrogens (tertiary/aromatic N) is 2. The van der Waals surface area contributed by atoms with E-state index in [0.717, 1.165) is 55.6 Å². The Bertz CT molecular complexity index is 606. The van der Waals surface area contributed by atoms with E-state index in [-0.39, 0.29) is 11.5 Å². The molecule has 0 aromatic heterocycles. The summed E-state index contributed by atoms with van der Waals surface area (Å²) in [6.45, 7) is 9.99. The highest BCUT2D eigenvalue weighted by Crippen LogP contribution is 2.17. The Morgan fingerprint density at radius 1 is 1.21 bits per heavy atom. The summed E-state index contributed by atoms with van der Waals surface area (Å²) in [5.41, 5.74) is 3.05. The van der Waals surface area contributed by atoms with Gasteiger partial charge in [0.25, 0.3) is 5.91 Å². The van der Waals surface area contributed by atoms with Crippen LogP contribution in [-0.4, -0.2) is 23.9 Å². The number of nitrogens with one attached hydrogen (secondary N) is 1. The molecule has 130 valence electrons. The molecule has 4 nitrogen and oxygen atoms in total. The number of amides is 1. The van der Waals surface area contributed by atoms with Crippen molar-refractivity contribution in [3.8, 4) is 6.07 Å². The first-order chi connectivity index (χ1) is 11.5. The molecule has 0 unspecified atom stereocenters. The molecular formula is C20H29N3O. The van der Waals surface area contributed by atoms with E-state index in [1.165, 1.54) is 0 Å². The highest BCUT2D eigenvalue weighted by Gasteiger charge is 2.12. The first kappa shape index (κ1) is 19.8. The molecule has 0 radical (unpaired) electrons. The third-order valence-electron chi connectivity index (χ3n) is 3.90. The van der Waals surface area contributed by atoms with E-state index in [1.807, 2.05) is 38.1 Å². The Balaban J connectivity index is 2.87. The molecule has 0 saturated heterocycles. The fourth-order valence-electron chi connectivity index (χ4n) is 2.43. The highest BCUT2D eigenvalue weighted by atomic mass is 16.1. The van der Waals surface area contributed by atoms with Crippen LogP contribution in [0.1, 0.15) is 50.7 Å². The summed E-state index contributed by atoms with van der Waals surface area (Å²) in [6.07, 6.45) is 6.00. The molecule has 0 atom stereocenters. The molecule has 1 rings (SSSR count). The van der Waals surface area contributed by atoms with Crippen molar-refractivity contribution in [2.45, 2.75) is 53.4 Å². The normalized spacial score (nSPS) is 11.0. The van der Waals surface area contributed by atoms with Crippen molar-refractivity contribution in [1.82, 2.24) is 4.90 Å². The fourth-order valence-corrected chi connectivity index (χ4v) is 2.43. The maximum absolute atomic E-state index is 12.4. The molecule has 0 aliphatic heterocycles. The number of aryl methyl sites for hydroxylation is 2. The van der Waals surface area contributed by atoms with E-state index in [1.54, 1.807) is 6.20 Å². The van der Waals surface area contributed by atoms with E-state index < -0.39 is 0 Å². The minimum absolute atomic E-state index is 0.155. The van der Waals surface area contributed by atoms with Gasteiger partial charge in [0.2, 0.25) is 0 Å². The second-order valence-corrected chi connectivity index (χ2v) is 6.17. The number of unbranched alkanes of at least 4 members (excludes halogenated alkanes) is 2. The molecule has 1 aromatic carbocycles. The van der Waals surface area contributed by atoms with Crippen molar-refractivity contribution >= 4 is 11.6 Å². The average Bonchev–Trinajstić information content (AvgIpc) is 2.56. The van der Waals surface area contributed by atoms with Crippen LogP contribution in [0.15, 0.2) is 30.0 Å². The molecule has 1 N–H and O–H groups in total. The molecule has 0 bridgehead atoms. The third kappa shape index (κ3) is 6.45. The van der Waals surface area contributed by atoms with Crippen LogP contribution >= 0.6 is 0 Å². The quantitative estimate of drug-likeness (QED) is 0.534. The molecule has 1 amide bonds. The molecule has 24 heavy (non-hydrogen) atoms. The summed E-state index contributed by atoms with van der Waals surface area (Å²) in [7, 11) is 0. The van der Waals surface area contributed by atoms with Crippen LogP contribution in [0.2, 0.25) is 0 Å². The second kappa shape index (κ2) is 10.5. The van der Waals surface area contributed by atoms with Gasteiger partial charge in [0.15, 0.2) is 0 Å². The smallest absolute Gasteiger partial charge is 0.267 e. The summed E-state index contributed by atoms with van der Waals surface area (Å²) >= 11 is 0. The molecule has 0 aliphatic carbocycles. The summed E-state index contributed by atoms with van der Waals surface area (Å²) in [5.74, 6) is -0.345. The molecular weight excluding hydrogens is 298 g/mol. The standard InChI is InChI=1S/C20H29N3O/c1-5-7-11-23(12-8-6-2)15-18(14-21)20(24)22-19-10-9-16(3)13-17(19)4/h9-10,13,15H,5-8,11-12H2,1-4H3,(H,22,24)/b18-15-. The molecule has 0 heterocycles. The lowest BCUT2D eigenvalue weighted by Gasteiger charge is -2.20. The largest absolute Gasteiger partial charge is 0.376 e. The van der Waals surface area contributed by atoms with E-state index in [9.17, 15) is 10.1 Å². The van der Waals surface area contributed by atoms with E-state index in [4.69, 9.17) is 0 Å². The van der Waals surface area contributed by atoms with Crippen molar-refractivity contribution < 1.29 is 4.79 Å². The molecule has 0 spiro atoms. The van der Waals surface area contributed by atoms with E-state index >= 15 is 0 Å². The van der Waals surface area contributed by atoms with Crippen LogP contribution in [0.3, 0.4) is 0 Å². The number of benzene rings is 1. The first-order valence-electron chi connectivity index (χ1n) is 8.76. The average molecular weight is 327 g/mol. The number of rotatable bonds is 9. The van der Waals surface area contributed by atoms with Gasteiger partial charge in [-0.1, -0.05) is 44.4 Å². The number of hydrogen-bond donors (Lipinski definition) is 1. The van der Waals surface area contributed by atoms with Crippen molar-refractivity contribution in [3.05, 3.63) is 41.1 Å². The lowest BCUT2D eigenvalue weighted by Crippen LogP contribution is -2.23. The molecule has 1 aromatic rings. The van der Waals surface area contributed by atoms with Crippen LogP contribution in [0, 0.1) is 25.2 Å². The van der Waals surface area contributed by atoms with Gasteiger partial charge >= 0.3 is 0 Å². The minimum Gasteiger partial charge on any atom is -0.376 e. The fraction of sp³-hybridized carbons (Fsp3) is 0.500. The second-order valence-electron chi connectivity index (χ2n) is 6.17. The molecule has 0 saturated carbocycles. The lowest BCUT2D eigenvalue weighted by atomic mass is 10.1. The van der Waals surface area contributed by atoms with Gasteiger partial charge in [-0.2, -0.15) is 5.26 Å². The van der Waals surface area contributed by atoms with Gasteiger partial charge in [-0.3, -0.25) is 4.79 Å². The Kier molecular flexibility index (Phi) is 8.64. The zero-order chi connectivity index (χ0) is 17.9. The zero-order valence-electron chi connectivity index (χ0n) is 15.4. The first-order valence-corrected chi connectivity index (χ1v) is 8.76. The van der Waals surface area contributed by atoms with Crippen molar-refractivity contribution in [3.63, 3.8) is 0 Å². The molecule has 0 aliphatic rings. The summed E-state index contributed by atoms with van der Waals surface area (Å²) in [4.78, 5) is 14.5. The third-order valence-corrected chi connectivity index (χ3v) is 3.90. The number of carbonyl (C=O) groups is 1. The number of carbonyl (C=O) groups excluding carboxylic acids is 1. The van der Waals surface area contributed by atoms with Gasteiger partial charge in [-0.25, -0.2) is 0 Å². The lowest BCUT2D eigenvalue weighted by molar-refractivity contribution is -0.112. The number of nitriles is 1. The van der Waals surface area contributed by atoms with Gasteiger partial charge in [-0.15, -0.1) is 0 Å². The Labute approximate surface area is 146 Å².